The van der Waals surface area contributed by atoms with Gasteiger partial charge in [-0.05, 0) is 36.6 Å². The molecule has 4 heteroatoms. The normalized spacial score (nSPS) is 10.7. The summed E-state index contributed by atoms with van der Waals surface area (Å²) in [4.78, 5) is 4.72. The first-order chi connectivity index (χ1) is 11.3. The Morgan fingerprint density at radius 3 is 2.74 bits per heavy atom. The van der Waals surface area contributed by atoms with Crippen molar-refractivity contribution in [2.45, 2.75) is 19.4 Å². The molecule has 0 saturated heterocycles. The van der Waals surface area contributed by atoms with Crippen molar-refractivity contribution in [1.82, 2.24) is 4.98 Å². The third kappa shape index (κ3) is 4.41. The number of thiazole rings is 1. The van der Waals surface area contributed by atoms with Gasteiger partial charge in [-0.15, -0.1) is 11.3 Å². The first-order valence-corrected chi connectivity index (χ1v) is 8.65. The summed E-state index contributed by atoms with van der Waals surface area (Å²) in [5.41, 5.74) is 9.10. The van der Waals surface area contributed by atoms with Crippen molar-refractivity contribution in [3.63, 3.8) is 0 Å². The van der Waals surface area contributed by atoms with Crippen LogP contribution in [0, 0.1) is 0 Å². The molecule has 23 heavy (non-hydrogen) atoms. The number of nitrogens with zero attached hydrogens (tertiary/aromatic N) is 1. The molecule has 0 amide bonds. The summed E-state index contributed by atoms with van der Waals surface area (Å²) in [6.07, 6.45) is 1.89. The van der Waals surface area contributed by atoms with Crippen molar-refractivity contribution in [1.29, 1.82) is 0 Å². The first-order valence-electron chi connectivity index (χ1n) is 7.77. The van der Waals surface area contributed by atoms with Gasteiger partial charge in [-0.1, -0.05) is 36.4 Å². The number of hydrogen-bond acceptors (Lipinski definition) is 4. The fraction of sp³-hybridized carbons (Fsp3) is 0.211. The number of rotatable bonds is 7. The van der Waals surface area contributed by atoms with Crippen LogP contribution in [-0.4, -0.2) is 11.6 Å². The van der Waals surface area contributed by atoms with Crippen LogP contribution >= 0.6 is 11.3 Å². The highest BCUT2D eigenvalue weighted by Gasteiger charge is 2.05. The molecular formula is C19H20N2OS. The van der Waals surface area contributed by atoms with Crippen molar-refractivity contribution in [2.75, 3.05) is 6.61 Å². The number of hydrogen-bond donors (Lipinski definition) is 1. The molecule has 3 aromatic rings. The largest absolute Gasteiger partial charge is 0.494 e. The van der Waals surface area contributed by atoms with Crippen molar-refractivity contribution in [3.05, 3.63) is 71.2 Å². The molecule has 118 valence electrons. The number of aryl methyl sites for hydroxylation is 1. The monoisotopic (exact) mass is 324 g/mol. The number of aromatic nitrogens is 1. The highest BCUT2D eigenvalue weighted by atomic mass is 32.1. The Hall–Kier alpha value is -2.17. The van der Waals surface area contributed by atoms with Crippen LogP contribution in [0.25, 0.3) is 10.6 Å². The van der Waals surface area contributed by atoms with E-state index in [1.54, 1.807) is 11.3 Å². The smallest absolute Gasteiger partial charge is 0.123 e. The number of ether oxygens (including phenoxy) is 1. The molecule has 2 N–H and O–H groups in total. The molecule has 0 unspecified atom stereocenters. The van der Waals surface area contributed by atoms with E-state index < -0.39 is 0 Å². The maximum Gasteiger partial charge on any atom is 0.123 e. The minimum Gasteiger partial charge on any atom is -0.494 e. The zero-order valence-electron chi connectivity index (χ0n) is 12.9. The molecule has 0 aliphatic heterocycles. The van der Waals surface area contributed by atoms with Crippen molar-refractivity contribution in [2.24, 2.45) is 5.73 Å². The van der Waals surface area contributed by atoms with Gasteiger partial charge in [-0.25, -0.2) is 4.98 Å². The zero-order chi connectivity index (χ0) is 15.9. The fourth-order valence-corrected chi connectivity index (χ4v) is 3.20. The minimum atomic E-state index is 0.558. The van der Waals surface area contributed by atoms with Gasteiger partial charge in [0.15, 0.2) is 0 Å². The molecule has 1 aromatic heterocycles. The summed E-state index contributed by atoms with van der Waals surface area (Å²) in [5, 5.41) is 3.19. The van der Waals surface area contributed by atoms with E-state index in [1.165, 1.54) is 0 Å². The zero-order valence-corrected chi connectivity index (χ0v) is 13.8. The standard InChI is InChI=1S/C19H20N2OS/c20-13-15-6-4-7-16(12-15)19-21-17(14-23-19)8-5-11-22-18-9-2-1-3-10-18/h1-4,6-7,9-10,12,14H,5,8,11,13,20H2. The molecule has 0 bridgehead atoms. The lowest BCUT2D eigenvalue weighted by Gasteiger charge is -2.04. The summed E-state index contributed by atoms with van der Waals surface area (Å²) in [6, 6.07) is 18.2. The molecule has 0 saturated carbocycles. The number of benzene rings is 2. The van der Waals surface area contributed by atoms with E-state index in [9.17, 15) is 0 Å². The van der Waals surface area contributed by atoms with Gasteiger partial charge in [0, 0.05) is 17.5 Å². The highest BCUT2D eigenvalue weighted by Crippen LogP contribution is 2.25. The third-order valence-electron chi connectivity index (χ3n) is 3.55. The van der Waals surface area contributed by atoms with Gasteiger partial charge in [0.1, 0.15) is 10.8 Å². The molecular weight excluding hydrogens is 304 g/mol. The predicted molar refractivity (Wildman–Crippen MR) is 95.7 cm³/mol. The lowest BCUT2D eigenvalue weighted by atomic mass is 10.1. The number of para-hydroxylation sites is 1. The average molecular weight is 324 g/mol. The van der Waals surface area contributed by atoms with E-state index in [1.807, 2.05) is 42.5 Å². The summed E-state index contributed by atoms with van der Waals surface area (Å²) < 4.78 is 5.71. The van der Waals surface area contributed by atoms with E-state index in [2.05, 4.69) is 17.5 Å². The molecule has 3 rings (SSSR count). The summed E-state index contributed by atoms with van der Waals surface area (Å²) in [7, 11) is 0. The Kier molecular flexibility index (Phi) is 5.40. The predicted octanol–water partition coefficient (Wildman–Crippen LogP) is 4.28. The van der Waals surface area contributed by atoms with Crippen LogP contribution in [-0.2, 0) is 13.0 Å². The Bertz CT molecular complexity index is 740. The minimum absolute atomic E-state index is 0.558. The molecule has 0 radical (unpaired) electrons. The average Bonchev–Trinajstić information content (AvgIpc) is 3.09. The SMILES string of the molecule is NCc1cccc(-c2nc(CCCOc3ccccc3)cs2)c1. The van der Waals surface area contributed by atoms with Crippen molar-refractivity contribution >= 4 is 11.3 Å². The van der Waals surface area contributed by atoms with E-state index >= 15 is 0 Å². The van der Waals surface area contributed by atoms with Crippen molar-refractivity contribution in [3.8, 4) is 16.3 Å². The Morgan fingerprint density at radius 2 is 1.91 bits per heavy atom. The van der Waals surface area contributed by atoms with E-state index in [4.69, 9.17) is 15.5 Å². The number of nitrogens with two attached hydrogens (primary N) is 1. The van der Waals surface area contributed by atoms with Crippen LogP contribution in [0.4, 0.5) is 0 Å². The van der Waals surface area contributed by atoms with Crippen LogP contribution in [0.3, 0.4) is 0 Å². The van der Waals surface area contributed by atoms with Crippen molar-refractivity contribution < 1.29 is 4.74 Å². The highest BCUT2D eigenvalue weighted by molar-refractivity contribution is 7.13. The topological polar surface area (TPSA) is 48.1 Å². The Morgan fingerprint density at radius 1 is 1.04 bits per heavy atom. The molecule has 0 aliphatic carbocycles. The van der Waals surface area contributed by atoms with E-state index in [0.717, 1.165) is 40.4 Å². The third-order valence-corrected chi connectivity index (χ3v) is 4.49. The Balaban J connectivity index is 1.53. The second kappa shape index (κ2) is 7.90. The summed E-state index contributed by atoms with van der Waals surface area (Å²) >= 11 is 1.68. The van der Waals surface area contributed by atoms with Crippen LogP contribution < -0.4 is 10.5 Å². The maximum absolute atomic E-state index is 5.71. The Labute approximate surface area is 140 Å². The van der Waals surface area contributed by atoms with E-state index in [-0.39, 0.29) is 0 Å². The second-order valence-electron chi connectivity index (χ2n) is 5.31. The quantitative estimate of drug-likeness (QED) is 0.660. The van der Waals surface area contributed by atoms with Gasteiger partial charge in [-0.3, -0.25) is 0 Å². The summed E-state index contributed by atoms with van der Waals surface area (Å²) in [5.74, 6) is 0.921. The molecule has 0 atom stereocenters. The molecule has 1 heterocycles. The van der Waals surface area contributed by atoms with Crippen LogP contribution in [0.5, 0.6) is 5.75 Å². The molecule has 0 aliphatic rings. The maximum atomic E-state index is 5.71. The lowest BCUT2D eigenvalue weighted by Crippen LogP contribution is -1.99. The van der Waals surface area contributed by atoms with Crippen LogP contribution in [0.15, 0.2) is 60.0 Å². The lowest BCUT2D eigenvalue weighted by molar-refractivity contribution is 0.310. The molecule has 3 nitrogen and oxygen atoms in total. The van der Waals surface area contributed by atoms with Gasteiger partial charge in [-0.2, -0.15) is 0 Å². The van der Waals surface area contributed by atoms with Crippen LogP contribution in [0.1, 0.15) is 17.7 Å². The van der Waals surface area contributed by atoms with Gasteiger partial charge >= 0.3 is 0 Å². The second-order valence-corrected chi connectivity index (χ2v) is 6.17. The van der Waals surface area contributed by atoms with Crippen LogP contribution in [0.2, 0.25) is 0 Å². The molecule has 2 aromatic carbocycles. The molecule has 0 spiro atoms. The van der Waals surface area contributed by atoms with Gasteiger partial charge in [0.25, 0.3) is 0 Å². The van der Waals surface area contributed by atoms with Gasteiger partial charge in [0.2, 0.25) is 0 Å². The fourth-order valence-electron chi connectivity index (χ4n) is 2.35. The summed E-state index contributed by atoms with van der Waals surface area (Å²) in [6.45, 7) is 1.27. The first kappa shape index (κ1) is 15.7. The molecule has 0 fully saturated rings. The van der Waals surface area contributed by atoms with Gasteiger partial charge in [0.05, 0.1) is 12.3 Å². The van der Waals surface area contributed by atoms with E-state index in [0.29, 0.717) is 13.2 Å². The van der Waals surface area contributed by atoms with Gasteiger partial charge < -0.3 is 10.5 Å².